The molecule has 2 aliphatic heterocycles. The predicted octanol–water partition coefficient (Wildman–Crippen LogP) is 2.60. The number of morpholine rings is 1. The second kappa shape index (κ2) is 7.47. The third-order valence-corrected chi connectivity index (χ3v) is 5.08. The van der Waals surface area contributed by atoms with E-state index < -0.39 is 6.10 Å². The Hall–Kier alpha value is -2.54. The number of benzene rings is 1. The molecule has 4 rings (SSSR count). The summed E-state index contributed by atoms with van der Waals surface area (Å²) in [5, 5.41) is 0. The molecule has 1 aromatic heterocycles. The number of carbonyl (C=O) groups is 1. The third kappa shape index (κ3) is 3.85. The van der Waals surface area contributed by atoms with Crippen molar-refractivity contribution < 1.29 is 18.7 Å². The van der Waals surface area contributed by atoms with Crippen LogP contribution in [0.4, 0.5) is 5.69 Å². The predicted molar refractivity (Wildman–Crippen MR) is 105 cm³/mol. The topological polar surface area (TPSA) is 68.0 Å². The summed E-state index contributed by atoms with van der Waals surface area (Å²) in [7, 11) is 0. The number of anilines is 1. The zero-order valence-corrected chi connectivity index (χ0v) is 16.7. The highest BCUT2D eigenvalue weighted by Gasteiger charge is 2.34. The van der Waals surface area contributed by atoms with E-state index in [1.54, 1.807) is 6.20 Å². The maximum atomic E-state index is 13.0. The van der Waals surface area contributed by atoms with Crippen LogP contribution in [0.2, 0.25) is 0 Å². The van der Waals surface area contributed by atoms with Crippen LogP contribution in [0.15, 0.2) is 34.9 Å². The van der Waals surface area contributed by atoms with Gasteiger partial charge in [0.05, 0.1) is 38.2 Å². The second-order valence-electron chi connectivity index (χ2n) is 8.26. The van der Waals surface area contributed by atoms with Gasteiger partial charge in [0.15, 0.2) is 6.10 Å². The Kier molecular flexibility index (Phi) is 5.02. The number of hydrogen-bond donors (Lipinski definition) is 0. The van der Waals surface area contributed by atoms with Crippen molar-refractivity contribution in [2.45, 2.75) is 38.8 Å². The van der Waals surface area contributed by atoms with Crippen LogP contribution in [0, 0.1) is 0 Å². The van der Waals surface area contributed by atoms with Crippen LogP contribution >= 0.6 is 0 Å². The normalized spacial score (nSPS) is 19.9. The Morgan fingerprint density at radius 2 is 1.96 bits per heavy atom. The quantitative estimate of drug-likeness (QED) is 0.809. The first-order valence-electron chi connectivity index (χ1n) is 9.74. The van der Waals surface area contributed by atoms with Crippen LogP contribution in [-0.4, -0.2) is 54.7 Å². The zero-order valence-electron chi connectivity index (χ0n) is 16.7. The number of amides is 1. The van der Waals surface area contributed by atoms with Gasteiger partial charge in [-0.1, -0.05) is 32.9 Å². The highest BCUT2D eigenvalue weighted by Crippen LogP contribution is 2.35. The molecular weight excluding hydrogens is 358 g/mol. The fourth-order valence-electron chi connectivity index (χ4n) is 3.47. The number of rotatable bonds is 3. The van der Waals surface area contributed by atoms with Crippen LogP contribution in [0.1, 0.15) is 32.4 Å². The molecule has 1 amide bonds. The maximum absolute atomic E-state index is 13.0. The van der Waals surface area contributed by atoms with E-state index in [4.69, 9.17) is 13.9 Å². The molecule has 150 valence electrons. The lowest BCUT2D eigenvalue weighted by molar-refractivity contribution is -0.142. The summed E-state index contributed by atoms with van der Waals surface area (Å²) in [6.07, 6.45) is 1.24. The third-order valence-electron chi connectivity index (χ3n) is 5.08. The molecule has 1 saturated heterocycles. The Balaban J connectivity index is 1.55. The minimum Gasteiger partial charge on any atom is -0.477 e. The molecule has 1 unspecified atom stereocenters. The van der Waals surface area contributed by atoms with Crippen molar-refractivity contribution in [1.82, 2.24) is 9.88 Å². The molecule has 2 aliphatic rings. The summed E-state index contributed by atoms with van der Waals surface area (Å²) >= 11 is 0. The van der Waals surface area contributed by atoms with Crippen molar-refractivity contribution in [2.75, 3.05) is 37.7 Å². The number of oxazole rings is 1. The highest BCUT2D eigenvalue weighted by molar-refractivity contribution is 5.83. The number of hydrogen-bond acceptors (Lipinski definition) is 6. The molecule has 1 aromatic carbocycles. The van der Waals surface area contributed by atoms with E-state index in [1.807, 2.05) is 29.2 Å². The maximum Gasteiger partial charge on any atom is 0.265 e. The average Bonchev–Trinajstić information content (AvgIpc) is 3.17. The number of fused-ring (bicyclic) bond motifs is 1. The molecule has 0 radical (unpaired) electrons. The monoisotopic (exact) mass is 385 g/mol. The van der Waals surface area contributed by atoms with Crippen molar-refractivity contribution in [2.24, 2.45) is 0 Å². The van der Waals surface area contributed by atoms with Gasteiger partial charge in [0.1, 0.15) is 11.5 Å². The van der Waals surface area contributed by atoms with Crippen molar-refractivity contribution in [1.29, 1.82) is 0 Å². The Morgan fingerprint density at radius 1 is 1.21 bits per heavy atom. The minimum absolute atomic E-state index is 0.00517. The lowest BCUT2D eigenvalue weighted by atomic mass is 9.94. The molecule has 0 aliphatic carbocycles. The number of para-hydroxylation sites is 2. The molecule has 0 bridgehead atoms. The van der Waals surface area contributed by atoms with E-state index in [-0.39, 0.29) is 11.3 Å². The number of carbonyl (C=O) groups excluding carboxylic acids is 1. The lowest BCUT2D eigenvalue weighted by Gasteiger charge is -2.37. The van der Waals surface area contributed by atoms with E-state index in [1.165, 1.54) is 0 Å². The van der Waals surface area contributed by atoms with Gasteiger partial charge in [-0.2, -0.15) is 0 Å². The summed E-state index contributed by atoms with van der Waals surface area (Å²) in [5.74, 6) is 2.21. The molecule has 1 fully saturated rings. The largest absolute Gasteiger partial charge is 0.477 e. The van der Waals surface area contributed by atoms with Crippen molar-refractivity contribution in [3.8, 4) is 5.75 Å². The van der Waals surface area contributed by atoms with Gasteiger partial charge in [-0.3, -0.25) is 4.79 Å². The molecule has 28 heavy (non-hydrogen) atoms. The van der Waals surface area contributed by atoms with Crippen molar-refractivity contribution in [3.05, 3.63) is 42.1 Å². The van der Waals surface area contributed by atoms with Crippen LogP contribution in [0.5, 0.6) is 5.75 Å². The minimum atomic E-state index is -0.551. The van der Waals surface area contributed by atoms with E-state index >= 15 is 0 Å². The first kappa shape index (κ1) is 18.8. The highest BCUT2D eigenvalue weighted by atomic mass is 16.5. The average molecular weight is 385 g/mol. The summed E-state index contributed by atoms with van der Waals surface area (Å²) in [6.45, 7) is 9.60. The lowest BCUT2D eigenvalue weighted by Crippen LogP contribution is -2.52. The van der Waals surface area contributed by atoms with Gasteiger partial charge in [0.2, 0.25) is 5.89 Å². The molecule has 0 spiro atoms. The molecular formula is C21H27N3O4. The van der Waals surface area contributed by atoms with Crippen LogP contribution in [0.25, 0.3) is 0 Å². The van der Waals surface area contributed by atoms with Gasteiger partial charge in [-0.05, 0) is 12.1 Å². The van der Waals surface area contributed by atoms with Crippen LogP contribution in [0.3, 0.4) is 0 Å². The van der Waals surface area contributed by atoms with Crippen LogP contribution < -0.4 is 9.64 Å². The fourth-order valence-corrected chi connectivity index (χ4v) is 3.47. The van der Waals surface area contributed by atoms with Crippen LogP contribution in [-0.2, 0) is 21.5 Å². The molecule has 7 heteroatoms. The van der Waals surface area contributed by atoms with Gasteiger partial charge in [0, 0.05) is 18.5 Å². The van der Waals surface area contributed by atoms with E-state index in [9.17, 15) is 4.79 Å². The summed E-state index contributed by atoms with van der Waals surface area (Å²) in [6, 6.07) is 7.78. The Labute approximate surface area is 165 Å². The molecule has 0 N–H and O–H groups in total. The Bertz CT molecular complexity index is 836. The van der Waals surface area contributed by atoms with Gasteiger partial charge in [-0.25, -0.2) is 4.98 Å². The molecule has 3 heterocycles. The molecule has 7 nitrogen and oxygen atoms in total. The summed E-state index contributed by atoms with van der Waals surface area (Å²) in [5.41, 5.74) is 0.854. The molecule has 2 aromatic rings. The molecule has 1 atom stereocenters. The van der Waals surface area contributed by atoms with E-state index in [2.05, 4.69) is 30.7 Å². The smallest absolute Gasteiger partial charge is 0.265 e. The van der Waals surface area contributed by atoms with Crippen molar-refractivity contribution >= 4 is 11.6 Å². The standard InChI is InChI=1S/C21H27N3O4/c1-21(2,3)18-12-22-19(28-18)14-24-13-17(20(25)23-8-10-26-11-9-23)27-16-7-5-4-6-15(16)24/h4-7,12,17H,8-11,13-14H2,1-3H3. The first-order valence-corrected chi connectivity index (χ1v) is 9.74. The SMILES string of the molecule is CC(C)(C)c1cnc(CN2CC(C(=O)N3CCOCC3)Oc3ccccc32)o1. The van der Waals surface area contributed by atoms with Gasteiger partial charge in [0.25, 0.3) is 5.91 Å². The van der Waals surface area contributed by atoms with E-state index in [0.29, 0.717) is 51.0 Å². The Morgan fingerprint density at radius 3 is 2.68 bits per heavy atom. The fraction of sp³-hybridized carbons (Fsp3) is 0.524. The van der Waals surface area contributed by atoms with Gasteiger partial charge in [-0.15, -0.1) is 0 Å². The van der Waals surface area contributed by atoms with Crippen molar-refractivity contribution in [3.63, 3.8) is 0 Å². The summed E-state index contributed by atoms with van der Waals surface area (Å²) in [4.78, 5) is 21.4. The summed E-state index contributed by atoms with van der Waals surface area (Å²) < 4.78 is 17.4. The van der Waals surface area contributed by atoms with Gasteiger partial charge >= 0.3 is 0 Å². The molecule has 0 saturated carbocycles. The zero-order chi connectivity index (χ0) is 19.7. The second-order valence-corrected chi connectivity index (χ2v) is 8.26. The first-order chi connectivity index (χ1) is 13.4. The number of nitrogens with zero attached hydrogens (tertiary/aromatic N) is 3. The number of aromatic nitrogens is 1. The number of ether oxygens (including phenoxy) is 2. The van der Waals surface area contributed by atoms with Gasteiger partial charge < -0.3 is 23.7 Å². The van der Waals surface area contributed by atoms with E-state index in [0.717, 1.165) is 11.4 Å².